The minimum absolute atomic E-state index is 0.185. The average molecular weight is 554 g/mol. The molecular formula is C29H35N3O6S. The van der Waals surface area contributed by atoms with Crippen molar-refractivity contribution >= 4 is 21.4 Å². The van der Waals surface area contributed by atoms with E-state index in [1.165, 1.54) is 4.31 Å². The number of morpholine rings is 1. The van der Waals surface area contributed by atoms with E-state index in [0.29, 0.717) is 55.7 Å². The largest absolute Gasteiger partial charge is 0.493 e. The summed E-state index contributed by atoms with van der Waals surface area (Å²) in [6, 6.07) is 20.2. The maximum absolute atomic E-state index is 13.3. The molecule has 2 heterocycles. The molecule has 208 valence electrons. The third-order valence-corrected chi connectivity index (χ3v) is 8.95. The molecule has 0 amide bonds. The van der Waals surface area contributed by atoms with E-state index in [4.69, 9.17) is 14.2 Å². The number of hydrogen-bond donors (Lipinski definition) is 2. The number of nitrogens with one attached hydrogen (secondary N) is 1. The number of nitrogens with zero attached hydrogens (tertiary/aromatic N) is 2. The zero-order valence-corrected chi connectivity index (χ0v) is 22.9. The van der Waals surface area contributed by atoms with Gasteiger partial charge in [0.1, 0.15) is 6.61 Å². The number of benzene rings is 3. The lowest BCUT2D eigenvalue weighted by Gasteiger charge is -2.28. The topological polar surface area (TPSA) is 101 Å². The standard InChI is InChI=1S/C29H35N3O6S/c1-36-28-19-23(9-12-27(28)38-21-22-7-3-2-4-8-22)29(33)30-25-20-24(10-11-26(25)31-13-5-6-14-31)39(34,35)32-15-17-37-18-16-32/h2-4,7-12,19-20,29-30,33H,5-6,13-18,21H2,1H3/t29-/m0/s1. The van der Waals surface area contributed by atoms with Crippen molar-refractivity contribution in [2.75, 3.05) is 56.7 Å². The molecule has 3 aromatic rings. The SMILES string of the molecule is COc1cc([C@H](O)Nc2cc(S(=O)(=O)N3CCOCC3)ccc2N2CCCC2)ccc1OCc1ccccc1. The Morgan fingerprint density at radius 1 is 0.949 bits per heavy atom. The van der Waals surface area contributed by atoms with Gasteiger partial charge in [-0.3, -0.25) is 0 Å². The number of methoxy groups -OCH3 is 1. The predicted octanol–water partition coefficient (Wildman–Crippen LogP) is 4.00. The number of rotatable bonds is 10. The molecule has 2 N–H and O–H groups in total. The van der Waals surface area contributed by atoms with Gasteiger partial charge in [-0.05, 0) is 48.7 Å². The van der Waals surface area contributed by atoms with Crippen molar-refractivity contribution in [1.82, 2.24) is 4.31 Å². The summed E-state index contributed by atoms with van der Waals surface area (Å²) < 4.78 is 45.0. The lowest BCUT2D eigenvalue weighted by Crippen LogP contribution is -2.40. The number of aliphatic hydroxyl groups excluding tert-OH is 1. The van der Waals surface area contributed by atoms with E-state index in [2.05, 4.69) is 10.2 Å². The second kappa shape index (κ2) is 12.3. The number of sulfonamides is 1. The Kier molecular flexibility index (Phi) is 8.56. The van der Waals surface area contributed by atoms with E-state index in [-0.39, 0.29) is 4.90 Å². The molecule has 2 fully saturated rings. The molecule has 0 unspecified atom stereocenters. The zero-order chi connectivity index (χ0) is 27.2. The summed E-state index contributed by atoms with van der Waals surface area (Å²) in [7, 11) is -2.14. The summed E-state index contributed by atoms with van der Waals surface area (Å²) in [4.78, 5) is 2.39. The Balaban J connectivity index is 1.38. The summed E-state index contributed by atoms with van der Waals surface area (Å²) >= 11 is 0. The Morgan fingerprint density at radius 3 is 2.41 bits per heavy atom. The van der Waals surface area contributed by atoms with Crippen molar-refractivity contribution in [2.24, 2.45) is 0 Å². The smallest absolute Gasteiger partial charge is 0.243 e. The van der Waals surface area contributed by atoms with Crippen LogP contribution in [0.25, 0.3) is 0 Å². The van der Waals surface area contributed by atoms with Crippen LogP contribution in [0.5, 0.6) is 11.5 Å². The highest BCUT2D eigenvalue weighted by atomic mass is 32.2. The molecule has 3 aromatic carbocycles. The first-order valence-electron chi connectivity index (χ1n) is 13.2. The molecule has 0 spiro atoms. The van der Waals surface area contributed by atoms with Gasteiger partial charge in [-0.25, -0.2) is 8.42 Å². The monoisotopic (exact) mass is 553 g/mol. The van der Waals surface area contributed by atoms with E-state index < -0.39 is 16.3 Å². The summed E-state index contributed by atoms with van der Waals surface area (Å²) in [5.41, 5.74) is 3.02. The average Bonchev–Trinajstić information content (AvgIpc) is 3.52. The highest BCUT2D eigenvalue weighted by molar-refractivity contribution is 7.89. The van der Waals surface area contributed by atoms with Gasteiger partial charge in [0.05, 0.1) is 36.6 Å². The molecular weight excluding hydrogens is 518 g/mol. The van der Waals surface area contributed by atoms with Gasteiger partial charge in [-0.1, -0.05) is 36.4 Å². The second-order valence-electron chi connectivity index (χ2n) is 9.62. The quantitative estimate of drug-likeness (QED) is 0.364. The maximum atomic E-state index is 13.3. The first-order chi connectivity index (χ1) is 19.0. The van der Waals surface area contributed by atoms with Crippen LogP contribution in [0.15, 0.2) is 71.6 Å². The first kappa shape index (κ1) is 27.3. The molecule has 2 saturated heterocycles. The number of hydrogen-bond acceptors (Lipinski definition) is 8. The van der Waals surface area contributed by atoms with Crippen molar-refractivity contribution in [3.63, 3.8) is 0 Å². The fourth-order valence-corrected chi connectivity index (χ4v) is 6.34. The van der Waals surface area contributed by atoms with Crippen molar-refractivity contribution < 1.29 is 27.7 Å². The molecule has 2 aliphatic rings. The van der Waals surface area contributed by atoms with E-state index in [9.17, 15) is 13.5 Å². The maximum Gasteiger partial charge on any atom is 0.243 e. The second-order valence-corrected chi connectivity index (χ2v) is 11.6. The van der Waals surface area contributed by atoms with Crippen molar-refractivity contribution in [3.05, 3.63) is 77.9 Å². The van der Waals surface area contributed by atoms with Crippen LogP contribution in [0.4, 0.5) is 11.4 Å². The summed E-state index contributed by atoms with van der Waals surface area (Å²) in [6.45, 7) is 3.54. The minimum Gasteiger partial charge on any atom is -0.493 e. The highest BCUT2D eigenvalue weighted by Crippen LogP contribution is 2.36. The number of ether oxygens (including phenoxy) is 3. The van der Waals surface area contributed by atoms with Gasteiger partial charge in [0.15, 0.2) is 17.7 Å². The highest BCUT2D eigenvalue weighted by Gasteiger charge is 2.28. The van der Waals surface area contributed by atoms with Crippen LogP contribution in [-0.2, 0) is 21.4 Å². The van der Waals surface area contributed by atoms with E-state index in [0.717, 1.165) is 37.2 Å². The molecule has 0 aromatic heterocycles. The lowest BCUT2D eigenvalue weighted by molar-refractivity contribution is 0.0730. The van der Waals surface area contributed by atoms with Crippen molar-refractivity contribution in [2.45, 2.75) is 30.6 Å². The van der Waals surface area contributed by atoms with Crippen molar-refractivity contribution in [3.8, 4) is 11.5 Å². The van der Waals surface area contributed by atoms with E-state index in [1.54, 1.807) is 37.4 Å². The molecule has 39 heavy (non-hydrogen) atoms. The molecule has 5 rings (SSSR count). The number of aliphatic hydroxyl groups is 1. The normalized spacial score (nSPS) is 17.1. The fourth-order valence-electron chi connectivity index (χ4n) is 4.90. The van der Waals surface area contributed by atoms with Gasteiger partial charge in [-0.2, -0.15) is 4.31 Å². The van der Waals surface area contributed by atoms with Crippen LogP contribution in [0, 0.1) is 0 Å². The van der Waals surface area contributed by atoms with Crippen LogP contribution in [0.1, 0.15) is 30.2 Å². The molecule has 0 saturated carbocycles. The molecule has 1 atom stereocenters. The Morgan fingerprint density at radius 2 is 1.69 bits per heavy atom. The predicted molar refractivity (Wildman–Crippen MR) is 150 cm³/mol. The summed E-state index contributed by atoms with van der Waals surface area (Å²) in [5.74, 6) is 1.06. The van der Waals surface area contributed by atoms with Gasteiger partial charge in [0.2, 0.25) is 10.0 Å². The lowest BCUT2D eigenvalue weighted by atomic mass is 10.1. The van der Waals surface area contributed by atoms with Gasteiger partial charge < -0.3 is 29.5 Å². The third kappa shape index (κ3) is 6.30. The number of anilines is 2. The van der Waals surface area contributed by atoms with Crippen LogP contribution >= 0.6 is 0 Å². The Bertz CT molecular complexity index is 1360. The first-order valence-corrected chi connectivity index (χ1v) is 14.7. The Hall–Kier alpha value is -3.31. The molecule has 0 radical (unpaired) electrons. The van der Waals surface area contributed by atoms with Crippen molar-refractivity contribution in [1.29, 1.82) is 0 Å². The molecule has 9 nitrogen and oxygen atoms in total. The molecule has 0 bridgehead atoms. The van der Waals surface area contributed by atoms with Crippen LogP contribution < -0.4 is 19.7 Å². The van der Waals surface area contributed by atoms with Crippen LogP contribution in [-0.4, -0.2) is 64.3 Å². The summed E-state index contributed by atoms with van der Waals surface area (Å²) in [6.07, 6.45) is 1.03. The van der Waals surface area contributed by atoms with Gasteiger partial charge in [0, 0.05) is 31.7 Å². The van der Waals surface area contributed by atoms with Gasteiger partial charge >= 0.3 is 0 Å². The van der Waals surface area contributed by atoms with Crippen LogP contribution in [0.3, 0.4) is 0 Å². The van der Waals surface area contributed by atoms with Gasteiger partial charge in [0.25, 0.3) is 0 Å². The minimum atomic E-state index is -3.69. The Labute approximate surface area is 230 Å². The third-order valence-electron chi connectivity index (χ3n) is 7.06. The van der Waals surface area contributed by atoms with E-state index >= 15 is 0 Å². The van der Waals surface area contributed by atoms with Crippen LogP contribution in [0.2, 0.25) is 0 Å². The molecule has 2 aliphatic heterocycles. The van der Waals surface area contributed by atoms with Gasteiger partial charge in [-0.15, -0.1) is 0 Å². The van der Waals surface area contributed by atoms with E-state index in [1.807, 2.05) is 36.4 Å². The molecule has 0 aliphatic carbocycles. The fraction of sp³-hybridized carbons (Fsp3) is 0.379. The zero-order valence-electron chi connectivity index (χ0n) is 22.1. The summed E-state index contributed by atoms with van der Waals surface area (Å²) in [5, 5.41) is 14.4. The molecule has 10 heteroatoms.